The fraction of sp³-hybridized carbons (Fsp3) is 0.538. The number of halogens is 2. The molecule has 1 saturated carbocycles. The van der Waals surface area contributed by atoms with Crippen molar-refractivity contribution in [1.29, 1.82) is 0 Å². The SMILES string of the molecule is CC1CCCC1NCc1ccc(Br)cc1F. The molecule has 16 heavy (non-hydrogen) atoms. The van der Waals surface area contributed by atoms with Crippen LogP contribution in [0.4, 0.5) is 4.39 Å². The van der Waals surface area contributed by atoms with Crippen LogP contribution in [0.1, 0.15) is 31.7 Å². The van der Waals surface area contributed by atoms with Crippen LogP contribution >= 0.6 is 15.9 Å². The van der Waals surface area contributed by atoms with E-state index in [1.165, 1.54) is 25.3 Å². The van der Waals surface area contributed by atoms with Crippen LogP contribution in [0.15, 0.2) is 22.7 Å². The van der Waals surface area contributed by atoms with Crippen molar-refractivity contribution >= 4 is 15.9 Å². The molecule has 1 aliphatic carbocycles. The van der Waals surface area contributed by atoms with Crippen molar-refractivity contribution in [1.82, 2.24) is 5.32 Å². The van der Waals surface area contributed by atoms with Crippen molar-refractivity contribution < 1.29 is 4.39 Å². The van der Waals surface area contributed by atoms with E-state index in [0.29, 0.717) is 12.6 Å². The first-order chi connectivity index (χ1) is 7.66. The van der Waals surface area contributed by atoms with Gasteiger partial charge in [-0.25, -0.2) is 4.39 Å². The van der Waals surface area contributed by atoms with Crippen LogP contribution in [-0.2, 0) is 6.54 Å². The van der Waals surface area contributed by atoms with Crippen molar-refractivity contribution in [2.45, 2.75) is 38.8 Å². The number of hydrogen-bond acceptors (Lipinski definition) is 1. The summed E-state index contributed by atoms with van der Waals surface area (Å²) in [7, 11) is 0. The van der Waals surface area contributed by atoms with Gasteiger partial charge < -0.3 is 5.32 Å². The quantitative estimate of drug-likeness (QED) is 0.889. The van der Waals surface area contributed by atoms with Crippen LogP contribution < -0.4 is 5.32 Å². The van der Waals surface area contributed by atoms with E-state index in [-0.39, 0.29) is 5.82 Å². The van der Waals surface area contributed by atoms with E-state index in [9.17, 15) is 4.39 Å². The molecule has 0 bridgehead atoms. The minimum Gasteiger partial charge on any atom is -0.310 e. The van der Waals surface area contributed by atoms with Gasteiger partial charge in [0.25, 0.3) is 0 Å². The molecule has 2 unspecified atom stereocenters. The van der Waals surface area contributed by atoms with Crippen LogP contribution in [0.5, 0.6) is 0 Å². The van der Waals surface area contributed by atoms with Gasteiger partial charge in [0.05, 0.1) is 0 Å². The van der Waals surface area contributed by atoms with Gasteiger partial charge >= 0.3 is 0 Å². The Morgan fingerprint density at radius 3 is 2.88 bits per heavy atom. The smallest absolute Gasteiger partial charge is 0.128 e. The lowest BCUT2D eigenvalue weighted by Gasteiger charge is -2.17. The molecule has 0 saturated heterocycles. The molecule has 1 aromatic carbocycles. The van der Waals surface area contributed by atoms with Crippen molar-refractivity contribution in [2.75, 3.05) is 0 Å². The second-order valence-corrected chi connectivity index (χ2v) is 5.55. The third kappa shape index (κ3) is 2.83. The second kappa shape index (κ2) is 5.28. The van der Waals surface area contributed by atoms with Crippen molar-refractivity contribution in [3.05, 3.63) is 34.1 Å². The predicted octanol–water partition coefficient (Wildman–Crippen LogP) is 3.87. The van der Waals surface area contributed by atoms with Crippen LogP contribution in [0.2, 0.25) is 0 Å². The molecule has 0 heterocycles. The molecule has 1 nitrogen and oxygen atoms in total. The average Bonchev–Trinajstić information content (AvgIpc) is 2.63. The molecule has 1 N–H and O–H groups in total. The predicted molar refractivity (Wildman–Crippen MR) is 67.7 cm³/mol. The van der Waals surface area contributed by atoms with Crippen LogP contribution in [-0.4, -0.2) is 6.04 Å². The normalized spacial score (nSPS) is 24.9. The number of rotatable bonds is 3. The summed E-state index contributed by atoms with van der Waals surface area (Å²) in [4.78, 5) is 0. The molecule has 0 radical (unpaired) electrons. The summed E-state index contributed by atoms with van der Waals surface area (Å²) in [5.74, 6) is 0.589. The van der Waals surface area contributed by atoms with E-state index < -0.39 is 0 Å². The van der Waals surface area contributed by atoms with Gasteiger partial charge in [-0.1, -0.05) is 35.3 Å². The maximum atomic E-state index is 13.6. The van der Waals surface area contributed by atoms with Gasteiger partial charge in [-0.15, -0.1) is 0 Å². The Morgan fingerprint density at radius 1 is 1.44 bits per heavy atom. The monoisotopic (exact) mass is 285 g/mol. The highest BCUT2D eigenvalue weighted by atomic mass is 79.9. The van der Waals surface area contributed by atoms with E-state index in [1.54, 1.807) is 0 Å². The third-order valence-electron chi connectivity index (χ3n) is 3.43. The number of nitrogens with one attached hydrogen (secondary N) is 1. The number of benzene rings is 1. The highest BCUT2D eigenvalue weighted by Gasteiger charge is 2.22. The first-order valence-electron chi connectivity index (χ1n) is 5.84. The first kappa shape index (κ1) is 12.1. The molecule has 0 spiro atoms. The zero-order valence-corrected chi connectivity index (χ0v) is 11.1. The van der Waals surface area contributed by atoms with Gasteiger partial charge in [-0.2, -0.15) is 0 Å². The molecule has 3 heteroatoms. The lowest BCUT2D eigenvalue weighted by Crippen LogP contribution is -2.30. The zero-order chi connectivity index (χ0) is 11.5. The van der Waals surface area contributed by atoms with E-state index in [1.807, 2.05) is 12.1 Å². The molecule has 1 fully saturated rings. The van der Waals surface area contributed by atoms with Crippen LogP contribution in [0.3, 0.4) is 0 Å². The molecule has 1 aromatic rings. The van der Waals surface area contributed by atoms with E-state index in [4.69, 9.17) is 0 Å². The summed E-state index contributed by atoms with van der Waals surface area (Å²) >= 11 is 3.26. The lowest BCUT2D eigenvalue weighted by molar-refractivity contribution is 0.421. The lowest BCUT2D eigenvalue weighted by atomic mass is 10.1. The largest absolute Gasteiger partial charge is 0.310 e. The van der Waals surface area contributed by atoms with Gasteiger partial charge in [0, 0.05) is 22.6 Å². The number of hydrogen-bond donors (Lipinski definition) is 1. The highest BCUT2D eigenvalue weighted by Crippen LogP contribution is 2.25. The molecular weight excluding hydrogens is 269 g/mol. The Labute approximate surface area is 105 Å². The summed E-state index contributed by atoms with van der Waals surface area (Å²) in [6, 6.07) is 5.81. The Kier molecular flexibility index (Phi) is 3.98. The van der Waals surface area contributed by atoms with Gasteiger partial charge in [-0.3, -0.25) is 0 Å². The minimum absolute atomic E-state index is 0.132. The summed E-state index contributed by atoms with van der Waals surface area (Å²) in [5, 5.41) is 3.45. The van der Waals surface area contributed by atoms with Crippen LogP contribution in [0, 0.1) is 11.7 Å². The second-order valence-electron chi connectivity index (χ2n) is 4.63. The van der Waals surface area contributed by atoms with E-state index in [0.717, 1.165) is 16.0 Å². The Morgan fingerprint density at radius 2 is 2.25 bits per heavy atom. The summed E-state index contributed by atoms with van der Waals surface area (Å²) in [6.45, 7) is 2.90. The van der Waals surface area contributed by atoms with Gasteiger partial charge in [0.1, 0.15) is 5.82 Å². The zero-order valence-electron chi connectivity index (χ0n) is 9.47. The van der Waals surface area contributed by atoms with Gasteiger partial charge in [0.15, 0.2) is 0 Å². The molecule has 88 valence electrons. The topological polar surface area (TPSA) is 12.0 Å². The fourth-order valence-corrected chi connectivity index (χ4v) is 2.69. The molecule has 0 aliphatic heterocycles. The van der Waals surface area contributed by atoms with Gasteiger partial charge in [0.2, 0.25) is 0 Å². The molecular formula is C13H17BrFN. The summed E-state index contributed by atoms with van der Waals surface area (Å²) < 4.78 is 14.3. The first-order valence-corrected chi connectivity index (χ1v) is 6.63. The van der Waals surface area contributed by atoms with Crippen molar-refractivity contribution in [3.8, 4) is 0 Å². The fourth-order valence-electron chi connectivity index (χ4n) is 2.35. The summed E-state index contributed by atoms with van der Waals surface area (Å²) in [5.41, 5.74) is 0.752. The van der Waals surface area contributed by atoms with Crippen molar-refractivity contribution in [2.24, 2.45) is 5.92 Å². The summed E-state index contributed by atoms with van der Waals surface area (Å²) in [6.07, 6.45) is 3.81. The minimum atomic E-state index is -0.132. The molecule has 2 rings (SSSR count). The maximum absolute atomic E-state index is 13.6. The van der Waals surface area contributed by atoms with Crippen molar-refractivity contribution in [3.63, 3.8) is 0 Å². The van der Waals surface area contributed by atoms with E-state index >= 15 is 0 Å². The van der Waals surface area contributed by atoms with Crippen LogP contribution in [0.25, 0.3) is 0 Å². The Balaban J connectivity index is 1.94. The van der Waals surface area contributed by atoms with E-state index in [2.05, 4.69) is 28.2 Å². The molecule has 0 aromatic heterocycles. The Hall–Kier alpha value is -0.410. The molecule has 0 amide bonds. The maximum Gasteiger partial charge on any atom is 0.128 e. The average molecular weight is 286 g/mol. The Bertz CT molecular complexity index is 367. The molecule has 1 aliphatic rings. The standard InChI is InChI=1S/C13H17BrFN/c1-9-3-2-4-13(9)16-8-10-5-6-11(14)7-12(10)15/h5-7,9,13,16H,2-4,8H2,1H3. The molecule has 2 atom stereocenters. The highest BCUT2D eigenvalue weighted by molar-refractivity contribution is 9.10. The third-order valence-corrected chi connectivity index (χ3v) is 3.92. The van der Waals surface area contributed by atoms with Gasteiger partial charge in [-0.05, 0) is 30.9 Å².